The van der Waals surface area contributed by atoms with Gasteiger partial charge in [0.2, 0.25) is 0 Å². The Morgan fingerprint density at radius 1 is 1.32 bits per heavy atom. The summed E-state index contributed by atoms with van der Waals surface area (Å²) in [6.07, 6.45) is 8.95. The molecule has 0 unspecified atom stereocenters. The van der Waals surface area contributed by atoms with Crippen LogP contribution in [-0.2, 0) is 17.8 Å². The second-order valence-corrected chi connectivity index (χ2v) is 9.03. The van der Waals surface area contributed by atoms with Crippen molar-refractivity contribution in [2.24, 2.45) is 17.3 Å². The average molecular weight is 377 g/mol. The van der Waals surface area contributed by atoms with Crippen LogP contribution in [0.25, 0.3) is 6.08 Å². The fraction of sp³-hybridized carbons (Fsp3) is 0.500. The van der Waals surface area contributed by atoms with Gasteiger partial charge in [0.1, 0.15) is 5.75 Å². The molecule has 146 valence electrons. The third-order valence-corrected chi connectivity index (χ3v) is 7.72. The number of benzene rings is 1. The summed E-state index contributed by atoms with van der Waals surface area (Å²) in [5, 5.41) is 14.2. The summed E-state index contributed by atoms with van der Waals surface area (Å²) in [5.41, 5.74) is 4.51. The minimum absolute atomic E-state index is 0.224. The second kappa shape index (κ2) is 6.33. The number of hydrogen-bond donors (Lipinski definition) is 1. The third-order valence-electron chi connectivity index (χ3n) is 7.72. The van der Waals surface area contributed by atoms with Gasteiger partial charge in [0.05, 0.1) is 5.69 Å². The number of aryl methyl sites for hydroxylation is 2. The highest BCUT2D eigenvalue weighted by molar-refractivity contribution is 6.05. The van der Waals surface area contributed by atoms with Crippen LogP contribution < -0.4 is 0 Å². The standard InChI is InChI=1S/C24H28N2O2/c1-3-26-17(9-11-25-26)12-16-14-22-21-6-4-15-13-18(27)5-7-19(15)20(21)8-10-24(22,2)23(16)28/h5,7,9,11-13,20-22,27H,3-4,6,8,10,14H2,1-2H3/b16-12+/t20-,21+,22-,24-/m0/s1. The first-order chi connectivity index (χ1) is 13.5. The van der Waals surface area contributed by atoms with Gasteiger partial charge in [0.25, 0.3) is 0 Å². The van der Waals surface area contributed by atoms with Crippen LogP contribution in [0.15, 0.2) is 36.0 Å². The van der Waals surface area contributed by atoms with Crippen molar-refractivity contribution in [1.29, 1.82) is 0 Å². The quantitative estimate of drug-likeness (QED) is 0.771. The molecule has 1 aromatic carbocycles. The molecular formula is C24H28N2O2. The van der Waals surface area contributed by atoms with Gasteiger partial charge in [0.15, 0.2) is 5.78 Å². The molecule has 4 atom stereocenters. The minimum atomic E-state index is -0.224. The predicted octanol–water partition coefficient (Wildman–Crippen LogP) is 4.73. The fourth-order valence-corrected chi connectivity index (χ4v) is 6.28. The molecule has 1 heterocycles. The Labute approximate surface area is 166 Å². The van der Waals surface area contributed by atoms with Crippen LogP contribution in [0.1, 0.15) is 62.3 Å². The zero-order chi connectivity index (χ0) is 19.5. The summed E-state index contributed by atoms with van der Waals surface area (Å²) < 4.78 is 1.96. The Morgan fingerprint density at radius 2 is 2.18 bits per heavy atom. The fourth-order valence-electron chi connectivity index (χ4n) is 6.28. The zero-order valence-corrected chi connectivity index (χ0v) is 16.7. The monoisotopic (exact) mass is 376 g/mol. The van der Waals surface area contributed by atoms with Crippen LogP contribution in [0.2, 0.25) is 0 Å². The number of Topliss-reactive ketones (excluding diaryl/α,β-unsaturated/α-hetero) is 1. The van der Waals surface area contributed by atoms with E-state index in [1.807, 2.05) is 29.1 Å². The van der Waals surface area contributed by atoms with Gasteiger partial charge >= 0.3 is 0 Å². The number of hydrogen-bond acceptors (Lipinski definition) is 3. The summed E-state index contributed by atoms with van der Waals surface area (Å²) in [5.74, 6) is 2.23. The molecule has 3 aliphatic carbocycles. The smallest absolute Gasteiger partial charge is 0.165 e. The Hall–Kier alpha value is -2.36. The second-order valence-electron chi connectivity index (χ2n) is 9.03. The van der Waals surface area contributed by atoms with E-state index in [9.17, 15) is 9.90 Å². The molecule has 2 aromatic rings. The normalized spacial score (nSPS) is 32.9. The molecule has 0 saturated heterocycles. The Morgan fingerprint density at radius 3 is 3.00 bits per heavy atom. The molecule has 3 aliphatic rings. The number of phenolic OH excluding ortho intramolecular Hbond substituents is 1. The van der Waals surface area contributed by atoms with E-state index >= 15 is 0 Å². The van der Waals surface area contributed by atoms with Crippen molar-refractivity contribution < 1.29 is 9.90 Å². The number of fused-ring (bicyclic) bond motifs is 5. The molecule has 4 nitrogen and oxygen atoms in total. The lowest BCUT2D eigenvalue weighted by Gasteiger charge is -2.48. The molecule has 1 N–H and O–H groups in total. The van der Waals surface area contributed by atoms with Gasteiger partial charge in [-0.05, 0) is 97.8 Å². The summed E-state index contributed by atoms with van der Waals surface area (Å²) in [7, 11) is 0. The number of aromatic nitrogens is 2. The molecule has 0 bridgehead atoms. The molecule has 4 heteroatoms. The highest BCUT2D eigenvalue weighted by atomic mass is 16.3. The maximum atomic E-state index is 13.4. The molecule has 1 aromatic heterocycles. The van der Waals surface area contributed by atoms with Crippen molar-refractivity contribution in [3.63, 3.8) is 0 Å². The van der Waals surface area contributed by atoms with E-state index in [1.54, 1.807) is 0 Å². The molecule has 2 saturated carbocycles. The van der Waals surface area contributed by atoms with Crippen LogP contribution in [0.4, 0.5) is 0 Å². The number of phenols is 1. The molecule has 5 rings (SSSR count). The van der Waals surface area contributed by atoms with Crippen molar-refractivity contribution in [2.75, 3.05) is 0 Å². The summed E-state index contributed by atoms with van der Waals surface area (Å²) in [6.45, 7) is 5.10. The van der Waals surface area contributed by atoms with E-state index in [1.165, 1.54) is 11.1 Å². The number of allylic oxidation sites excluding steroid dienone is 1. The third kappa shape index (κ3) is 2.50. The number of carbonyl (C=O) groups is 1. The van der Waals surface area contributed by atoms with Crippen molar-refractivity contribution in [1.82, 2.24) is 9.78 Å². The van der Waals surface area contributed by atoms with Gasteiger partial charge in [-0.1, -0.05) is 13.0 Å². The van der Waals surface area contributed by atoms with Crippen LogP contribution >= 0.6 is 0 Å². The SMILES string of the molecule is CCn1nccc1/C=C1\C[C@H]2[C@@H]3CCc4cc(O)ccc4[C@@H]3CC[C@]2(C)C1=O. The van der Waals surface area contributed by atoms with E-state index in [2.05, 4.69) is 31.1 Å². The lowest BCUT2D eigenvalue weighted by molar-refractivity contribution is -0.127. The first-order valence-electron chi connectivity index (χ1n) is 10.6. The van der Waals surface area contributed by atoms with E-state index in [-0.39, 0.29) is 5.41 Å². The van der Waals surface area contributed by atoms with Gasteiger partial charge in [-0.25, -0.2) is 0 Å². The molecule has 28 heavy (non-hydrogen) atoms. The van der Waals surface area contributed by atoms with Crippen LogP contribution in [0, 0.1) is 17.3 Å². The molecule has 0 spiro atoms. The maximum absolute atomic E-state index is 13.4. The first-order valence-corrected chi connectivity index (χ1v) is 10.6. The summed E-state index contributed by atoms with van der Waals surface area (Å²) in [6, 6.07) is 7.89. The molecule has 0 aliphatic heterocycles. The topological polar surface area (TPSA) is 55.1 Å². The first kappa shape index (κ1) is 17.7. The predicted molar refractivity (Wildman–Crippen MR) is 109 cm³/mol. The highest BCUT2D eigenvalue weighted by Crippen LogP contribution is 2.60. The lowest BCUT2D eigenvalue weighted by Crippen LogP contribution is -2.42. The maximum Gasteiger partial charge on any atom is 0.165 e. The van der Waals surface area contributed by atoms with Crippen LogP contribution in [-0.4, -0.2) is 20.7 Å². The Balaban J connectivity index is 1.49. The van der Waals surface area contributed by atoms with Crippen LogP contribution in [0.3, 0.4) is 0 Å². The van der Waals surface area contributed by atoms with Crippen molar-refractivity contribution in [3.8, 4) is 5.75 Å². The number of carbonyl (C=O) groups excluding carboxylic acids is 1. The number of nitrogens with zero attached hydrogens (tertiary/aromatic N) is 2. The van der Waals surface area contributed by atoms with E-state index in [4.69, 9.17) is 0 Å². The van der Waals surface area contributed by atoms with Gasteiger partial charge in [0, 0.05) is 18.2 Å². The highest BCUT2D eigenvalue weighted by Gasteiger charge is 2.56. The van der Waals surface area contributed by atoms with Gasteiger partial charge in [-0.2, -0.15) is 5.10 Å². The molecule has 0 radical (unpaired) electrons. The summed E-state index contributed by atoms with van der Waals surface area (Å²) in [4.78, 5) is 13.4. The van der Waals surface area contributed by atoms with Gasteiger partial charge in [-0.3, -0.25) is 9.48 Å². The van der Waals surface area contributed by atoms with Gasteiger partial charge < -0.3 is 5.11 Å². The number of ketones is 1. The molecular weight excluding hydrogens is 348 g/mol. The average Bonchev–Trinajstić information content (AvgIpc) is 3.24. The largest absolute Gasteiger partial charge is 0.508 e. The Kier molecular flexibility index (Phi) is 4.01. The molecule has 2 fully saturated rings. The van der Waals surface area contributed by atoms with E-state index < -0.39 is 0 Å². The summed E-state index contributed by atoms with van der Waals surface area (Å²) >= 11 is 0. The van der Waals surface area contributed by atoms with Crippen molar-refractivity contribution >= 4 is 11.9 Å². The van der Waals surface area contributed by atoms with E-state index in [0.717, 1.165) is 49.9 Å². The molecule has 0 amide bonds. The number of aromatic hydroxyl groups is 1. The zero-order valence-electron chi connectivity index (χ0n) is 16.7. The minimum Gasteiger partial charge on any atom is -0.508 e. The van der Waals surface area contributed by atoms with Gasteiger partial charge in [-0.15, -0.1) is 0 Å². The van der Waals surface area contributed by atoms with Crippen LogP contribution in [0.5, 0.6) is 5.75 Å². The van der Waals surface area contributed by atoms with Crippen molar-refractivity contribution in [2.45, 2.75) is 58.4 Å². The van der Waals surface area contributed by atoms with E-state index in [0.29, 0.717) is 29.3 Å². The number of rotatable bonds is 2. The van der Waals surface area contributed by atoms with Crippen molar-refractivity contribution in [3.05, 3.63) is 52.9 Å². The Bertz CT molecular complexity index is 973. The lowest BCUT2D eigenvalue weighted by atomic mass is 9.55.